The predicted octanol–water partition coefficient (Wildman–Crippen LogP) is 1.61. The van der Waals surface area contributed by atoms with Crippen molar-refractivity contribution in [2.45, 2.75) is 57.8 Å². The first-order valence-electron chi connectivity index (χ1n) is 20.2. The van der Waals surface area contributed by atoms with Crippen LogP contribution in [0.4, 0.5) is 21.2 Å². The van der Waals surface area contributed by atoms with E-state index in [1.165, 1.54) is 15.4 Å². The molecule has 0 unspecified atom stereocenters. The van der Waals surface area contributed by atoms with Gasteiger partial charge in [0, 0.05) is 76.8 Å². The van der Waals surface area contributed by atoms with Gasteiger partial charge in [-0.05, 0) is 87.0 Å². The molecule has 7 heterocycles. The van der Waals surface area contributed by atoms with Gasteiger partial charge < -0.3 is 40.2 Å². The average molecular weight is 775 g/mol. The van der Waals surface area contributed by atoms with Crippen LogP contribution in [0.15, 0.2) is 24.3 Å². The second-order valence-electron chi connectivity index (χ2n) is 15.4. The summed E-state index contributed by atoms with van der Waals surface area (Å²) in [5, 5.41) is 17.0. The lowest BCUT2D eigenvalue weighted by Crippen LogP contribution is -2.57. The molecule has 2 aromatic rings. The number of carboxylic acids is 1. The Bertz CT molecular complexity index is 1760. The number of pyridine rings is 2. The highest BCUT2D eigenvalue weighted by atomic mass is 16.7. The van der Waals surface area contributed by atoms with Gasteiger partial charge in [-0.3, -0.25) is 14.5 Å². The number of hydroxylamine groups is 1. The monoisotopic (exact) mass is 774 g/mol. The number of likely N-dealkylation sites (tertiary alicyclic amines) is 1. The van der Waals surface area contributed by atoms with Crippen molar-refractivity contribution in [3.8, 4) is 0 Å². The van der Waals surface area contributed by atoms with Crippen LogP contribution in [0.3, 0.4) is 0 Å². The number of rotatable bonds is 11. The molecule has 7 rings (SSSR count). The molecule has 0 spiro atoms. The normalized spacial score (nSPS) is 19.2. The third-order valence-corrected chi connectivity index (χ3v) is 11.4. The highest BCUT2D eigenvalue weighted by molar-refractivity contribution is 5.87. The first kappa shape index (κ1) is 39.1. The number of aliphatic carboxylic acids is 1. The topological polar surface area (TPSA) is 184 Å². The van der Waals surface area contributed by atoms with Crippen molar-refractivity contribution in [3.05, 3.63) is 46.8 Å². The number of nitrogens with one attached hydrogen (secondary N) is 2. The molecular formula is C39H54N10O7. The molecule has 17 heteroatoms. The smallest absolute Gasteiger partial charge is 0.346 e. The van der Waals surface area contributed by atoms with Crippen LogP contribution >= 0.6 is 0 Å². The van der Waals surface area contributed by atoms with Gasteiger partial charge in [-0.25, -0.2) is 24.4 Å². The van der Waals surface area contributed by atoms with E-state index < -0.39 is 5.97 Å². The molecular weight excluding hydrogens is 720 g/mol. The largest absolute Gasteiger partial charge is 0.480 e. The maximum atomic E-state index is 13.1. The Kier molecular flexibility index (Phi) is 12.7. The first-order valence-corrected chi connectivity index (χ1v) is 20.2. The lowest BCUT2D eigenvalue weighted by atomic mass is 9.91. The summed E-state index contributed by atoms with van der Waals surface area (Å²) in [6, 6.07) is 8.10. The second-order valence-corrected chi connectivity index (χ2v) is 15.4. The second kappa shape index (κ2) is 18.2. The van der Waals surface area contributed by atoms with E-state index in [0.717, 1.165) is 87.1 Å². The van der Waals surface area contributed by atoms with Crippen molar-refractivity contribution in [3.63, 3.8) is 0 Å². The molecule has 0 bridgehead atoms. The van der Waals surface area contributed by atoms with Crippen LogP contribution in [0.5, 0.6) is 0 Å². The average Bonchev–Trinajstić information content (AvgIpc) is 3.20. The van der Waals surface area contributed by atoms with Crippen LogP contribution in [0, 0.1) is 5.92 Å². The SMILES string of the molecule is O=C(O)CN1CCN(C(=O)N2CCC(Cc3ccc4c(n3)N(OC(=O)CN3CCN(C(=O)NCCCc5ccc6c(n5)NCCC6)CC3)CCC4)CC2)CC1=O. The van der Waals surface area contributed by atoms with E-state index in [2.05, 4.69) is 28.8 Å². The highest BCUT2D eigenvalue weighted by Gasteiger charge is 2.33. The zero-order chi connectivity index (χ0) is 39.0. The molecule has 3 saturated heterocycles. The van der Waals surface area contributed by atoms with Gasteiger partial charge in [0.1, 0.15) is 18.9 Å². The molecule has 3 fully saturated rings. The van der Waals surface area contributed by atoms with Crippen LogP contribution < -0.4 is 15.7 Å². The Morgan fingerprint density at radius 1 is 0.821 bits per heavy atom. The van der Waals surface area contributed by atoms with Gasteiger partial charge in [0.25, 0.3) is 0 Å². The van der Waals surface area contributed by atoms with Crippen LogP contribution in [-0.4, -0.2) is 161 Å². The Morgan fingerprint density at radius 3 is 2.36 bits per heavy atom. The number of carbonyl (C=O) groups excluding carboxylic acids is 4. The number of carboxylic acid groups (broad SMARTS) is 1. The molecule has 2 aromatic heterocycles. The molecule has 5 aliphatic rings. The molecule has 302 valence electrons. The number of anilines is 2. The number of piperazine rings is 2. The summed E-state index contributed by atoms with van der Waals surface area (Å²) in [5.41, 5.74) is 4.26. The van der Waals surface area contributed by atoms with Gasteiger partial charge in [-0.1, -0.05) is 12.1 Å². The Labute approximate surface area is 327 Å². The molecule has 17 nitrogen and oxygen atoms in total. The van der Waals surface area contributed by atoms with Gasteiger partial charge in [0.05, 0.1) is 13.1 Å². The summed E-state index contributed by atoms with van der Waals surface area (Å²) in [6.45, 7) is 5.71. The number of hydrogen-bond acceptors (Lipinski definition) is 11. The van der Waals surface area contributed by atoms with Crippen molar-refractivity contribution < 1.29 is 33.9 Å². The third-order valence-electron chi connectivity index (χ3n) is 11.4. The number of piperidine rings is 1. The van der Waals surface area contributed by atoms with E-state index in [1.54, 1.807) is 14.9 Å². The number of aromatic nitrogens is 2. The van der Waals surface area contributed by atoms with E-state index in [4.69, 9.17) is 19.9 Å². The number of carbonyl (C=O) groups is 5. The zero-order valence-corrected chi connectivity index (χ0v) is 32.1. The maximum Gasteiger partial charge on any atom is 0.346 e. The van der Waals surface area contributed by atoms with E-state index in [0.29, 0.717) is 70.6 Å². The summed E-state index contributed by atoms with van der Waals surface area (Å²) < 4.78 is 0. The van der Waals surface area contributed by atoms with Crippen LogP contribution in [0.1, 0.15) is 54.6 Å². The third kappa shape index (κ3) is 9.97. The molecule has 0 aromatic carbocycles. The van der Waals surface area contributed by atoms with Gasteiger partial charge >= 0.3 is 24.0 Å². The molecule has 56 heavy (non-hydrogen) atoms. The molecule has 0 aliphatic carbocycles. The van der Waals surface area contributed by atoms with Crippen molar-refractivity contribution >= 4 is 41.5 Å². The molecule has 0 atom stereocenters. The minimum absolute atomic E-state index is 0.0826. The standard InChI is InChI=1S/C39H54N10O7/c50-33-25-48(23-22-47(33)26-34(51)52)39(55)46-16-11-28(12-17-46)24-32-10-8-30-5-3-15-49(37(30)43-32)56-35(53)27-44-18-20-45(21-19-44)38(54)41-14-2-6-31-9-7-29-4-1-13-40-36(29)42-31/h7-10,28H,1-6,11-27H2,(H,40,42)(H,41,54)(H,51,52). The van der Waals surface area contributed by atoms with E-state index in [-0.39, 0.29) is 50.1 Å². The number of hydrogen-bond donors (Lipinski definition) is 3. The van der Waals surface area contributed by atoms with E-state index >= 15 is 0 Å². The summed E-state index contributed by atoms with van der Waals surface area (Å²) in [7, 11) is 0. The Hall–Kier alpha value is -5.19. The van der Waals surface area contributed by atoms with Crippen LogP contribution in [-0.2, 0) is 44.9 Å². The fourth-order valence-corrected chi connectivity index (χ4v) is 8.20. The Balaban J connectivity index is 0.810. The van der Waals surface area contributed by atoms with Crippen molar-refractivity contribution in [2.24, 2.45) is 5.92 Å². The van der Waals surface area contributed by atoms with Crippen LogP contribution in [0.2, 0.25) is 0 Å². The quantitative estimate of drug-likeness (QED) is 0.281. The molecule has 5 amide bonds. The lowest BCUT2D eigenvalue weighted by molar-refractivity contribution is -0.147. The maximum absolute atomic E-state index is 13.1. The molecule has 0 saturated carbocycles. The highest BCUT2D eigenvalue weighted by Crippen LogP contribution is 2.29. The Morgan fingerprint density at radius 2 is 1.57 bits per heavy atom. The predicted molar refractivity (Wildman–Crippen MR) is 206 cm³/mol. The van der Waals surface area contributed by atoms with Gasteiger partial charge in [-0.15, -0.1) is 0 Å². The number of amides is 5. The fourth-order valence-electron chi connectivity index (χ4n) is 8.20. The zero-order valence-electron chi connectivity index (χ0n) is 32.1. The molecule has 3 N–H and O–H groups in total. The van der Waals surface area contributed by atoms with E-state index in [1.807, 2.05) is 11.0 Å². The van der Waals surface area contributed by atoms with Crippen molar-refractivity contribution in [1.29, 1.82) is 0 Å². The lowest BCUT2D eigenvalue weighted by Gasteiger charge is -2.39. The van der Waals surface area contributed by atoms with E-state index in [9.17, 15) is 24.0 Å². The summed E-state index contributed by atoms with van der Waals surface area (Å²) in [4.78, 5) is 86.4. The number of urea groups is 2. The van der Waals surface area contributed by atoms with Gasteiger partial charge in [-0.2, -0.15) is 5.06 Å². The minimum Gasteiger partial charge on any atom is -0.480 e. The fraction of sp³-hybridized carbons (Fsp3) is 0.615. The van der Waals surface area contributed by atoms with Crippen molar-refractivity contribution in [2.75, 3.05) is 102 Å². The van der Waals surface area contributed by atoms with Gasteiger partial charge in [0.15, 0.2) is 5.82 Å². The summed E-state index contributed by atoms with van der Waals surface area (Å²) >= 11 is 0. The van der Waals surface area contributed by atoms with Crippen LogP contribution in [0.25, 0.3) is 0 Å². The number of fused-ring (bicyclic) bond motifs is 2. The first-order chi connectivity index (χ1) is 27.2. The molecule has 5 aliphatic heterocycles. The summed E-state index contributed by atoms with van der Waals surface area (Å²) in [6.07, 6.45) is 7.87. The minimum atomic E-state index is -1.06. The van der Waals surface area contributed by atoms with Crippen molar-refractivity contribution in [1.82, 2.24) is 39.8 Å². The number of aryl methyl sites for hydroxylation is 3. The van der Waals surface area contributed by atoms with Gasteiger partial charge in [0.2, 0.25) is 5.91 Å². The number of nitrogens with zero attached hydrogens (tertiary/aromatic N) is 8. The molecule has 0 radical (unpaired) electrons. The summed E-state index contributed by atoms with van der Waals surface area (Å²) in [5.74, 6) is 0.242.